The molecule has 0 spiro atoms. The Kier molecular flexibility index (Phi) is 5.20. The molecule has 0 heterocycles. The van der Waals surface area contributed by atoms with Crippen molar-refractivity contribution >= 4 is 17.5 Å². The second-order valence-corrected chi connectivity index (χ2v) is 5.04. The van der Waals surface area contributed by atoms with Crippen molar-refractivity contribution in [2.45, 2.75) is 12.5 Å². The quantitative estimate of drug-likeness (QED) is 0.617. The van der Waals surface area contributed by atoms with Crippen LogP contribution in [0.2, 0.25) is 0 Å². The molecule has 2 aromatic carbocycles. The van der Waals surface area contributed by atoms with Gasteiger partial charge in [0.1, 0.15) is 6.04 Å². The number of halogens is 1. The fraction of sp³-hybridized carbons (Fsp3) is 0.125. The Morgan fingerprint density at radius 3 is 2.46 bits per heavy atom. The van der Waals surface area contributed by atoms with Crippen LogP contribution in [0.15, 0.2) is 48.5 Å². The molecule has 0 fully saturated rings. The maximum absolute atomic E-state index is 13.3. The minimum Gasteiger partial charge on any atom is -0.368 e. The molecule has 0 aliphatic carbocycles. The molecule has 8 heteroatoms. The Hall–Kier alpha value is -3.29. The number of amides is 2. The molecular weight excluding hydrogens is 317 g/mol. The molecule has 0 aromatic heterocycles. The maximum atomic E-state index is 13.3. The van der Waals surface area contributed by atoms with E-state index in [0.29, 0.717) is 11.1 Å². The second-order valence-electron chi connectivity index (χ2n) is 5.04. The van der Waals surface area contributed by atoms with Gasteiger partial charge in [-0.15, -0.1) is 0 Å². The largest absolute Gasteiger partial charge is 0.368 e. The molecule has 3 N–H and O–H groups in total. The summed E-state index contributed by atoms with van der Waals surface area (Å²) in [7, 11) is 0. The number of primary amides is 1. The van der Waals surface area contributed by atoms with Gasteiger partial charge < -0.3 is 11.1 Å². The first-order valence-electron chi connectivity index (χ1n) is 6.96. The van der Waals surface area contributed by atoms with Gasteiger partial charge in [-0.3, -0.25) is 19.7 Å². The SMILES string of the molecule is NC(=O)[C@@H](Cc1ccc(F)c([N+](=O)[O-])c1)NC(=O)c1ccccc1. The number of rotatable bonds is 6. The number of carbonyl (C=O) groups is 2. The normalized spacial score (nSPS) is 11.5. The molecule has 7 nitrogen and oxygen atoms in total. The van der Waals surface area contributed by atoms with Gasteiger partial charge in [0.2, 0.25) is 11.7 Å². The third-order valence-corrected chi connectivity index (χ3v) is 3.33. The molecule has 2 aromatic rings. The highest BCUT2D eigenvalue weighted by Gasteiger charge is 2.21. The Balaban J connectivity index is 2.17. The lowest BCUT2D eigenvalue weighted by atomic mass is 10.0. The Bertz CT molecular complexity index is 780. The lowest BCUT2D eigenvalue weighted by Crippen LogP contribution is -2.45. The van der Waals surface area contributed by atoms with Gasteiger partial charge >= 0.3 is 5.69 Å². The zero-order chi connectivity index (χ0) is 17.7. The van der Waals surface area contributed by atoms with Gasteiger partial charge in [0.25, 0.3) is 5.91 Å². The van der Waals surface area contributed by atoms with Crippen LogP contribution in [0.3, 0.4) is 0 Å². The fourth-order valence-electron chi connectivity index (χ4n) is 2.11. The van der Waals surface area contributed by atoms with E-state index >= 15 is 0 Å². The van der Waals surface area contributed by atoms with Crippen LogP contribution in [0, 0.1) is 15.9 Å². The van der Waals surface area contributed by atoms with E-state index in [-0.39, 0.29) is 6.42 Å². The minimum absolute atomic E-state index is 0.0883. The van der Waals surface area contributed by atoms with Crippen LogP contribution in [0.4, 0.5) is 10.1 Å². The van der Waals surface area contributed by atoms with Gasteiger partial charge in [-0.2, -0.15) is 4.39 Å². The van der Waals surface area contributed by atoms with Crippen LogP contribution in [0.1, 0.15) is 15.9 Å². The van der Waals surface area contributed by atoms with Crippen molar-refractivity contribution in [3.05, 3.63) is 75.6 Å². The first-order valence-corrected chi connectivity index (χ1v) is 6.96. The highest BCUT2D eigenvalue weighted by atomic mass is 19.1. The van der Waals surface area contributed by atoms with Gasteiger partial charge in [-0.25, -0.2) is 0 Å². The van der Waals surface area contributed by atoms with Gasteiger partial charge in [0.15, 0.2) is 0 Å². The average molecular weight is 331 g/mol. The van der Waals surface area contributed by atoms with Crippen LogP contribution < -0.4 is 11.1 Å². The van der Waals surface area contributed by atoms with Crippen LogP contribution in [-0.2, 0) is 11.2 Å². The molecule has 24 heavy (non-hydrogen) atoms. The zero-order valence-electron chi connectivity index (χ0n) is 12.4. The Labute approximate surface area is 136 Å². The molecule has 0 saturated heterocycles. The number of nitrogens with two attached hydrogens (primary N) is 1. The van der Waals surface area contributed by atoms with E-state index < -0.39 is 34.3 Å². The van der Waals surface area contributed by atoms with Crippen molar-refractivity contribution in [3.63, 3.8) is 0 Å². The summed E-state index contributed by atoms with van der Waals surface area (Å²) in [6.45, 7) is 0. The van der Waals surface area contributed by atoms with Crippen molar-refractivity contribution in [1.29, 1.82) is 0 Å². The highest BCUT2D eigenvalue weighted by Crippen LogP contribution is 2.19. The van der Waals surface area contributed by atoms with E-state index in [1.165, 1.54) is 6.07 Å². The monoisotopic (exact) mass is 331 g/mol. The highest BCUT2D eigenvalue weighted by molar-refractivity contribution is 5.97. The van der Waals surface area contributed by atoms with E-state index in [4.69, 9.17) is 5.73 Å². The van der Waals surface area contributed by atoms with Crippen molar-refractivity contribution in [2.24, 2.45) is 5.73 Å². The number of nitrogens with one attached hydrogen (secondary N) is 1. The molecule has 1 atom stereocenters. The summed E-state index contributed by atoms with van der Waals surface area (Å²) in [6.07, 6.45) is -0.0883. The summed E-state index contributed by atoms with van der Waals surface area (Å²) >= 11 is 0. The molecule has 0 aliphatic heterocycles. The first-order chi connectivity index (χ1) is 11.4. The molecule has 2 amide bonds. The molecular formula is C16H14FN3O4. The van der Waals surface area contributed by atoms with Crippen LogP contribution in [-0.4, -0.2) is 22.8 Å². The number of nitrogens with zero attached hydrogens (tertiary/aromatic N) is 1. The van der Waals surface area contributed by atoms with E-state index in [2.05, 4.69) is 5.32 Å². The van der Waals surface area contributed by atoms with E-state index in [0.717, 1.165) is 12.1 Å². The van der Waals surface area contributed by atoms with Crippen LogP contribution in [0.25, 0.3) is 0 Å². The molecule has 0 unspecified atom stereocenters. The Morgan fingerprint density at radius 2 is 1.88 bits per heavy atom. The first kappa shape index (κ1) is 17.1. The number of nitro benzene ring substituents is 1. The molecule has 0 radical (unpaired) electrons. The van der Waals surface area contributed by atoms with Crippen molar-refractivity contribution in [1.82, 2.24) is 5.32 Å². The number of benzene rings is 2. The summed E-state index contributed by atoms with van der Waals surface area (Å²) in [5.41, 5.74) is 5.22. The second kappa shape index (κ2) is 7.32. The third kappa shape index (κ3) is 4.13. The topological polar surface area (TPSA) is 115 Å². The van der Waals surface area contributed by atoms with Gasteiger partial charge in [0.05, 0.1) is 4.92 Å². The number of carbonyl (C=O) groups excluding carboxylic acids is 2. The van der Waals surface area contributed by atoms with Gasteiger partial charge in [-0.05, 0) is 23.8 Å². The van der Waals surface area contributed by atoms with Gasteiger partial charge in [-0.1, -0.05) is 24.3 Å². The predicted molar refractivity (Wildman–Crippen MR) is 83.6 cm³/mol. The molecule has 0 saturated carbocycles. The number of nitro groups is 1. The van der Waals surface area contributed by atoms with E-state index in [9.17, 15) is 24.1 Å². The summed E-state index contributed by atoms with van der Waals surface area (Å²) in [5.74, 6) is -2.28. The molecule has 124 valence electrons. The minimum atomic E-state index is -1.08. The molecule has 2 rings (SSSR count). The lowest BCUT2D eigenvalue weighted by molar-refractivity contribution is -0.387. The van der Waals surface area contributed by atoms with Crippen molar-refractivity contribution in [3.8, 4) is 0 Å². The third-order valence-electron chi connectivity index (χ3n) is 3.33. The lowest BCUT2D eigenvalue weighted by Gasteiger charge is -2.15. The van der Waals surface area contributed by atoms with Crippen LogP contribution >= 0.6 is 0 Å². The zero-order valence-corrected chi connectivity index (χ0v) is 12.4. The summed E-state index contributed by atoms with van der Waals surface area (Å²) in [5, 5.41) is 13.2. The smallest absolute Gasteiger partial charge is 0.305 e. The predicted octanol–water partition coefficient (Wildman–Crippen LogP) is 1.56. The maximum Gasteiger partial charge on any atom is 0.305 e. The molecule has 0 bridgehead atoms. The summed E-state index contributed by atoms with van der Waals surface area (Å²) in [6, 6.07) is 10.4. The van der Waals surface area contributed by atoms with E-state index in [1.807, 2.05) is 0 Å². The summed E-state index contributed by atoms with van der Waals surface area (Å²) in [4.78, 5) is 33.5. The fourth-order valence-corrected chi connectivity index (χ4v) is 2.11. The van der Waals surface area contributed by atoms with Crippen LogP contribution in [0.5, 0.6) is 0 Å². The summed E-state index contributed by atoms with van der Waals surface area (Å²) < 4.78 is 13.3. The standard InChI is InChI=1S/C16H14FN3O4/c17-12-7-6-10(9-14(12)20(23)24)8-13(15(18)21)19-16(22)11-4-2-1-3-5-11/h1-7,9,13H,8H2,(H2,18,21)(H,19,22)/t13-/m1/s1. The van der Waals surface area contributed by atoms with E-state index in [1.54, 1.807) is 30.3 Å². The van der Waals surface area contributed by atoms with Crippen molar-refractivity contribution < 1.29 is 18.9 Å². The molecule has 0 aliphatic rings. The average Bonchev–Trinajstić information content (AvgIpc) is 2.56. The number of hydrogen-bond acceptors (Lipinski definition) is 4. The number of hydrogen-bond donors (Lipinski definition) is 2. The Morgan fingerprint density at radius 1 is 1.21 bits per heavy atom. The van der Waals surface area contributed by atoms with Gasteiger partial charge in [0, 0.05) is 18.1 Å². The van der Waals surface area contributed by atoms with Crippen molar-refractivity contribution in [2.75, 3.05) is 0 Å².